The number of halogens is 1. The number of rotatable bonds is 4. The first-order valence-electron chi connectivity index (χ1n) is 6.14. The maximum Gasteiger partial charge on any atom is 0.299 e. The van der Waals surface area contributed by atoms with Gasteiger partial charge in [-0.1, -0.05) is 30.3 Å². The summed E-state index contributed by atoms with van der Waals surface area (Å²) in [7, 11) is 0. The predicted octanol–water partition coefficient (Wildman–Crippen LogP) is 4.51. The highest BCUT2D eigenvalue weighted by Gasteiger charge is 2.14. The minimum Gasteiger partial charge on any atom is -0.428 e. The second-order valence-corrected chi connectivity index (χ2v) is 6.10. The van der Waals surface area contributed by atoms with Crippen molar-refractivity contribution < 1.29 is 9.66 Å². The van der Waals surface area contributed by atoms with Crippen molar-refractivity contribution in [2.24, 2.45) is 0 Å². The van der Waals surface area contributed by atoms with Crippen LogP contribution >= 0.6 is 34.1 Å². The average Bonchev–Trinajstić information content (AvgIpc) is 2.99. The predicted molar refractivity (Wildman–Crippen MR) is 91.2 cm³/mol. The summed E-state index contributed by atoms with van der Waals surface area (Å²) < 4.78 is 10.6. The van der Waals surface area contributed by atoms with Crippen LogP contribution in [0.4, 0.5) is 5.69 Å². The molecule has 0 amide bonds. The molecule has 0 aliphatic carbocycles. The summed E-state index contributed by atoms with van der Waals surface area (Å²) in [5.74, 6) is 0.964. The van der Waals surface area contributed by atoms with Gasteiger partial charge >= 0.3 is 0 Å². The van der Waals surface area contributed by atoms with Crippen LogP contribution in [0.1, 0.15) is 0 Å². The summed E-state index contributed by atoms with van der Waals surface area (Å²) in [6.45, 7) is 0. The molecule has 0 aliphatic rings. The van der Waals surface area contributed by atoms with E-state index >= 15 is 0 Å². The Morgan fingerprint density at radius 3 is 2.68 bits per heavy atom. The van der Waals surface area contributed by atoms with E-state index in [0.29, 0.717) is 16.8 Å². The Morgan fingerprint density at radius 1 is 1.18 bits per heavy atom. The molecule has 110 valence electrons. The molecule has 3 aromatic rings. The molecule has 8 heteroatoms. The van der Waals surface area contributed by atoms with Crippen molar-refractivity contribution in [1.29, 1.82) is 0 Å². The van der Waals surface area contributed by atoms with E-state index in [1.54, 1.807) is 6.07 Å². The van der Waals surface area contributed by atoms with Crippen molar-refractivity contribution in [2.75, 3.05) is 0 Å². The lowest BCUT2D eigenvalue weighted by Crippen LogP contribution is -1.92. The number of aromatic nitrogens is 2. The Bertz CT molecular complexity index is 823. The Labute approximate surface area is 143 Å². The number of nitro groups is 1. The summed E-state index contributed by atoms with van der Waals surface area (Å²) in [5.41, 5.74) is 0.866. The first-order valence-corrected chi connectivity index (χ1v) is 7.99. The normalized spacial score (nSPS) is 10.4. The molecule has 0 atom stereocenters. The van der Waals surface area contributed by atoms with Crippen LogP contribution < -0.4 is 4.74 Å². The van der Waals surface area contributed by atoms with Gasteiger partial charge in [0.2, 0.25) is 0 Å². The zero-order chi connectivity index (χ0) is 15.5. The number of ether oxygens (including phenoxy) is 1. The lowest BCUT2D eigenvalue weighted by Gasteiger charge is -2.03. The summed E-state index contributed by atoms with van der Waals surface area (Å²) in [6.07, 6.45) is 0. The monoisotopic (exact) mass is 425 g/mol. The fourth-order valence-corrected chi connectivity index (χ4v) is 2.74. The van der Waals surface area contributed by atoms with Crippen molar-refractivity contribution in [3.8, 4) is 22.3 Å². The lowest BCUT2D eigenvalue weighted by atomic mass is 10.2. The number of hydrogen-bond donors (Lipinski definition) is 0. The first-order chi connectivity index (χ1) is 10.6. The molecule has 6 nitrogen and oxygen atoms in total. The quantitative estimate of drug-likeness (QED) is 0.349. The smallest absolute Gasteiger partial charge is 0.299 e. The van der Waals surface area contributed by atoms with Gasteiger partial charge in [0.05, 0.1) is 14.6 Å². The molecule has 1 heterocycles. The molecule has 0 N–H and O–H groups in total. The largest absolute Gasteiger partial charge is 0.428 e. The highest BCUT2D eigenvalue weighted by Crippen LogP contribution is 2.32. The number of nitrogens with zero attached hydrogens (tertiary/aromatic N) is 3. The van der Waals surface area contributed by atoms with Crippen LogP contribution in [0, 0.1) is 13.7 Å². The third-order valence-corrected chi connectivity index (χ3v) is 4.25. The highest BCUT2D eigenvalue weighted by atomic mass is 127. The van der Waals surface area contributed by atoms with E-state index in [1.165, 1.54) is 12.1 Å². The minimum atomic E-state index is -0.460. The van der Waals surface area contributed by atoms with Gasteiger partial charge in [-0.15, -0.1) is 0 Å². The molecule has 0 spiro atoms. The standard InChI is InChI=1S/C14H8IN3O3S/c15-11-7-6-10(18(19)20)8-12(11)21-14-16-13(17-22-14)9-4-2-1-3-5-9/h1-8H. The van der Waals surface area contributed by atoms with Crippen LogP contribution in [0.3, 0.4) is 0 Å². The summed E-state index contributed by atoms with van der Waals surface area (Å²) in [6, 6.07) is 14.0. The molecular formula is C14H8IN3O3S. The van der Waals surface area contributed by atoms with Gasteiger partial charge in [0.1, 0.15) is 0 Å². The van der Waals surface area contributed by atoms with E-state index in [-0.39, 0.29) is 5.69 Å². The van der Waals surface area contributed by atoms with Crippen LogP contribution in [-0.2, 0) is 0 Å². The number of hydrogen-bond acceptors (Lipinski definition) is 6. The summed E-state index contributed by atoms with van der Waals surface area (Å²) in [4.78, 5) is 14.7. The van der Waals surface area contributed by atoms with Crippen LogP contribution in [0.2, 0.25) is 0 Å². The van der Waals surface area contributed by atoms with E-state index in [4.69, 9.17) is 4.74 Å². The van der Waals surface area contributed by atoms with Gasteiger partial charge in [0, 0.05) is 23.2 Å². The maximum atomic E-state index is 10.8. The second-order valence-electron chi connectivity index (χ2n) is 4.22. The maximum absolute atomic E-state index is 10.8. The Kier molecular flexibility index (Phi) is 4.29. The van der Waals surface area contributed by atoms with Crippen LogP contribution in [0.25, 0.3) is 11.4 Å². The van der Waals surface area contributed by atoms with Gasteiger partial charge in [-0.2, -0.15) is 9.36 Å². The second kappa shape index (κ2) is 6.36. The third kappa shape index (κ3) is 3.22. The zero-order valence-corrected chi connectivity index (χ0v) is 13.9. The Morgan fingerprint density at radius 2 is 1.95 bits per heavy atom. The molecule has 0 aliphatic heterocycles. The van der Waals surface area contributed by atoms with Gasteiger partial charge in [-0.05, 0) is 28.7 Å². The number of non-ortho nitro benzene ring substituents is 1. The van der Waals surface area contributed by atoms with Crippen molar-refractivity contribution >= 4 is 39.8 Å². The number of benzene rings is 2. The molecule has 0 bridgehead atoms. The zero-order valence-electron chi connectivity index (χ0n) is 11.0. The van der Waals surface area contributed by atoms with Crippen molar-refractivity contribution in [3.05, 3.63) is 62.2 Å². The van der Waals surface area contributed by atoms with E-state index < -0.39 is 4.92 Å². The van der Waals surface area contributed by atoms with Gasteiger partial charge in [-0.25, -0.2) is 0 Å². The summed E-state index contributed by atoms with van der Waals surface area (Å²) >= 11 is 3.16. The van der Waals surface area contributed by atoms with Gasteiger partial charge in [0.25, 0.3) is 10.9 Å². The minimum absolute atomic E-state index is 0.0248. The highest BCUT2D eigenvalue weighted by molar-refractivity contribution is 14.1. The van der Waals surface area contributed by atoms with Crippen molar-refractivity contribution in [3.63, 3.8) is 0 Å². The molecular weight excluding hydrogens is 417 g/mol. The van der Waals surface area contributed by atoms with E-state index in [1.807, 2.05) is 30.3 Å². The SMILES string of the molecule is O=[N+]([O-])c1ccc(I)c(Oc2nc(-c3ccccc3)ns2)c1. The molecule has 0 fully saturated rings. The molecule has 22 heavy (non-hydrogen) atoms. The molecule has 0 saturated heterocycles. The first kappa shape index (κ1) is 14.9. The fourth-order valence-electron chi connectivity index (χ4n) is 1.73. The lowest BCUT2D eigenvalue weighted by molar-refractivity contribution is -0.384. The van der Waals surface area contributed by atoms with Gasteiger partial charge in [0.15, 0.2) is 11.6 Å². The molecule has 3 rings (SSSR count). The fraction of sp³-hybridized carbons (Fsp3) is 0. The molecule has 0 radical (unpaired) electrons. The molecule has 1 aromatic heterocycles. The van der Waals surface area contributed by atoms with Gasteiger partial charge < -0.3 is 4.74 Å². The Hall–Kier alpha value is -2.07. The van der Waals surface area contributed by atoms with Crippen LogP contribution in [0.15, 0.2) is 48.5 Å². The van der Waals surface area contributed by atoms with Crippen LogP contribution in [-0.4, -0.2) is 14.3 Å². The number of nitro benzene ring substituents is 1. The van der Waals surface area contributed by atoms with E-state index in [9.17, 15) is 10.1 Å². The van der Waals surface area contributed by atoms with Crippen molar-refractivity contribution in [1.82, 2.24) is 9.36 Å². The molecule has 2 aromatic carbocycles. The third-order valence-electron chi connectivity index (χ3n) is 2.76. The van der Waals surface area contributed by atoms with E-state index in [0.717, 1.165) is 20.7 Å². The molecule has 0 unspecified atom stereocenters. The van der Waals surface area contributed by atoms with Crippen LogP contribution in [0.5, 0.6) is 10.9 Å². The van der Waals surface area contributed by atoms with E-state index in [2.05, 4.69) is 31.9 Å². The average molecular weight is 425 g/mol. The van der Waals surface area contributed by atoms with Crippen molar-refractivity contribution in [2.45, 2.75) is 0 Å². The Balaban J connectivity index is 1.87. The van der Waals surface area contributed by atoms with Gasteiger partial charge in [-0.3, -0.25) is 10.1 Å². The summed E-state index contributed by atoms with van der Waals surface area (Å²) in [5, 5.41) is 11.2. The topological polar surface area (TPSA) is 78.2 Å². The molecule has 0 saturated carbocycles.